The van der Waals surface area contributed by atoms with Crippen molar-refractivity contribution in [3.63, 3.8) is 0 Å². The lowest BCUT2D eigenvalue weighted by atomic mass is 9.92. The zero-order chi connectivity index (χ0) is 33.6. The van der Waals surface area contributed by atoms with Crippen LogP contribution in [0.4, 0.5) is 4.79 Å². The maximum Gasteiger partial charge on any atom is 0.408 e. The molecule has 0 fully saturated rings. The van der Waals surface area contributed by atoms with E-state index in [1.54, 1.807) is 27.0 Å². The van der Waals surface area contributed by atoms with Gasteiger partial charge in [0.05, 0.1) is 13.2 Å². The van der Waals surface area contributed by atoms with E-state index >= 15 is 0 Å². The molecule has 11 nitrogen and oxygen atoms in total. The fourth-order valence-electron chi connectivity index (χ4n) is 5.67. The highest BCUT2D eigenvalue weighted by molar-refractivity contribution is 5.94. The second-order valence-electron chi connectivity index (χ2n) is 12.6. The fourth-order valence-corrected chi connectivity index (χ4v) is 5.67. The minimum atomic E-state index is -1.35. The molecule has 11 heteroatoms. The molecule has 47 heavy (non-hydrogen) atoms. The third kappa shape index (κ3) is 8.56. The molecule has 1 aliphatic heterocycles. The van der Waals surface area contributed by atoms with Crippen molar-refractivity contribution in [2.75, 3.05) is 6.61 Å². The maximum absolute atomic E-state index is 14.5. The number of nitrogens with one attached hydrogen (secondary N) is 3. The average molecular weight is 641 g/mol. The molecule has 246 valence electrons. The summed E-state index contributed by atoms with van der Waals surface area (Å²) in [6.45, 7) is 5.19. The third-order valence-corrected chi connectivity index (χ3v) is 7.93. The predicted molar refractivity (Wildman–Crippen MR) is 175 cm³/mol. The maximum atomic E-state index is 14.5. The summed E-state index contributed by atoms with van der Waals surface area (Å²) in [6, 6.07) is 20.9. The van der Waals surface area contributed by atoms with Crippen molar-refractivity contribution in [1.29, 1.82) is 0 Å². The molecule has 3 atom stereocenters. The first kappa shape index (κ1) is 33.2. The number of carboxylic acid groups (broad SMARTS) is 1. The van der Waals surface area contributed by atoms with Gasteiger partial charge >= 0.3 is 12.1 Å². The van der Waals surface area contributed by atoms with Gasteiger partial charge in [0.1, 0.15) is 17.7 Å². The number of para-hydroxylation sites is 1. The molecule has 0 saturated carbocycles. The molecule has 1 aromatic heterocycles. The second kappa shape index (κ2) is 14.5. The van der Waals surface area contributed by atoms with E-state index in [1.807, 2.05) is 78.9 Å². The number of aromatic amines is 1. The first-order valence-electron chi connectivity index (χ1n) is 15.5. The first-order chi connectivity index (χ1) is 22.5. The van der Waals surface area contributed by atoms with E-state index in [0.29, 0.717) is 0 Å². The molecule has 5 rings (SSSR count). The Hall–Kier alpha value is -5.16. The highest BCUT2D eigenvalue weighted by Crippen LogP contribution is 2.26. The van der Waals surface area contributed by atoms with Crippen LogP contribution in [0.3, 0.4) is 0 Å². The summed E-state index contributed by atoms with van der Waals surface area (Å²) in [5, 5.41) is 16.2. The van der Waals surface area contributed by atoms with E-state index in [4.69, 9.17) is 9.47 Å². The number of rotatable bonds is 11. The molecular weight excluding hydrogens is 600 g/mol. The van der Waals surface area contributed by atoms with Gasteiger partial charge in [-0.3, -0.25) is 9.59 Å². The Morgan fingerprint density at radius 2 is 1.60 bits per heavy atom. The number of alkyl carbamates (subject to hydrolysis) is 1. The highest BCUT2D eigenvalue weighted by Gasteiger charge is 2.39. The van der Waals surface area contributed by atoms with Crippen LogP contribution in [-0.4, -0.2) is 69.2 Å². The number of H-pyrrole nitrogens is 1. The van der Waals surface area contributed by atoms with E-state index in [1.165, 1.54) is 4.90 Å². The zero-order valence-corrected chi connectivity index (χ0v) is 26.7. The van der Waals surface area contributed by atoms with Crippen LogP contribution in [-0.2, 0) is 49.9 Å². The molecule has 0 aliphatic carbocycles. The summed E-state index contributed by atoms with van der Waals surface area (Å²) in [5.74, 6) is -2.39. The number of fused-ring (bicyclic) bond motifs is 2. The molecule has 2 heterocycles. The average Bonchev–Trinajstić information content (AvgIpc) is 3.45. The number of amides is 3. The van der Waals surface area contributed by atoms with Crippen LogP contribution in [0.15, 0.2) is 85.1 Å². The molecule has 0 spiro atoms. The number of benzene rings is 3. The standard InChI is InChI=1S/C36H40N4O7/c1-36(2,3)47-35(45)39-29(17-26-19-37-28-16-10-9-15-27(26)28)33(42)40-20-25-14-8-7-13-24(25)18-31(40)32(41)38-30(34(43)44)22-46-21-23-11-5-4-6-12-23/h4-16,19,29-31,37H,17-18,20-22H2,1-3H3,(H,38,41)(H,39,45)(H,43,44)/t29-,30-,31-/m0/s1. The summed E-state index contributed by atoms with van der Waals surface area (Å²) in [6.07, 6.45) is 1.32. The Bertz CT molecular complexity index is 1730. The van der Waals surface area contributed by atoms with Gasteiger partial charge in [-0.15, -0.1) is 0 Å². The van der Waals surface area contributed by atoms with Crippen LogP contribution in [0, 0.1) is 0 Å². The van der Waals surface area contributed by atoms with Crippen molar-refractivity contribution < 1.29 is 33.8 Å². The topological polar surface area (TPSA) is 150 Å². The van der Waals surface area contributed by atoms with Crippen molar-refractivity contribution in [2.24, 2.45) is 0 Å². The molecule has 1 aliphatic rings. The number of carboxylic acids is 1. The largest absolute Gasteiger partial charge is 0.480 e. The first-order valence-corrected chi connectivity index (χ1v) is 15.5. The van der Waals surface area contributed by atoms with Crippen molar-refractivity contribution in [1.82, 2.24) is 20.5 Å². The van der Waals surface area contributed by atoms with Crippen molar-refractivity contribution in [2.45, 2.75) is 70.5 Å². The molecular formula is C36H40N4O7. The van der Waals surface area contributed by atoms with Crippen molar-refractivity contribution >= 4 is 34.8 Å². The Morgan fingerprint density at radius 3 is 2.32 bits per heavy atom. The van der Waals surface area contributed by atoms with Gasteiger partial charge in [0.25, 0.3) is 0 Å². The van der Waals surface area contributed by atoms with Crippen LogP contribution >= 0.6 is 0 Å². The van der Waals surface area contributed by atoms with Crippen LogP contribution in [0.1, 0.15) is 43.0 Å². The van der Waals surface area contributed by atoms with Crippen LogP contribution < -0.4 is 10.6 Å². The van der Waals surface area contributed by atoms with Crippen LogP contribution in [0.2, 0.25) is 0 Å². The van der Waals surface area contributed by atoms with Crippen LogP contribution in [0.5, 0.6) is 0 Å². The number of aliphatic carboxylic acids is 1. The van der Waals surface area contributed by atoms with E-state index < -0.39 is 47.6 Å². The summed E-state index contributed by atoms with van der Waals surface area (Å²) in [5.41, 5.74) is 3.46. The molecule has 3 aromatic carbocycles. The zero-order valence-electron chi connectivity index (χ0n) is 26.7. The number of hydrogen-bond donors (Lipinski definition) is 4. The molecule has 0 radical (unpaired) electrons. The molecule has 0 unspecified atom stereocenters. The summed E-state index contributed by atoms with van der Waals surface area (Å²) in [4.78, 5) is 58.1. The summed E-state index contributed by atoms with van der Waals surface area (Å²) >= 11 is 0. The second-order valence-corrected chi connectivity index (χ2v) is 12.6. The van der Waals surface area contributed by atoms with Gasteiger partial charge in [0.15, 0.2) is 6.04 Å². The van der Waals surface area contributed by atoms with Gasteiger partial charge in [-0.05, 0) is 49.1 Å². The lowest BCUT2D eigenvalue weighted by molar-refractivity contribution is -0.147. The molecule has 0 saturated heterocycles. The Labute approximate surface area is 273 Å². The van der Waals surface area contributed by atoms with Gasteiger partial charge in [0.2, 0.25) is 11.8 Å². The van der Waals surface area contributed by atoms with Gasteiger partial charge in [0, 0.05) is 36.5 Å². The predicted octanol–water partition coefficient (Wildman–Crippen LogP) is 4.34. The number of ether oxygens (including phenoxy) is 2. The molecule has 4 N–H and O–H groups in total. The smallest absolute Gasteiger partial charge is 0.408 e. The minimum absolute atomic E-state index is 0.0930. The van der Waals surface area contributed by atoms with E-state index in [0.717, 1.165) is 33.2 Å². The van der Waals surface area contributed by atoms with E-state index in [2.05, 4.69) is 15.6 Å². The van der Waals surface area contributed by atoms with Gasteiger partial charge in [-0.1, -0.05) is 72.8 Å². The number of carbonyl (C=O) groups is 4. The normalized spacial score (nSPS) is 15.7. The van der Waals surface area contributed by atoms with Gasteiger partial charge in [-0.25, -0.2) is 9.59 Å². The monoisotopic (exact) mass is 640 g/mol. The van der Waals surface area contributed by atoms with Crippen molar-refractivity contribution in [3.8, 4) is 0 Å². The Morgan fingerprint density at radius 1 is 0.915 bits per heavy atom. The fraction of sp³-hybridized carbons (Fsp3) is 0.333. The minimum Gasteiger partial charge on any atom is -0.480 e. The number of carbonyl (C=O) groups excluding carboxylic acids is 3. The molecule has 0 bridgehead atoms. The number of nitrogens with zero attached hydrogens (tertiary/aromatic N) is 1. The SMILES string of the molecule is CC(C)(C)OC(=O)N[C@@H](Cc1c[nH]c2ccccc12)C(=O)N1Cc2ccccc2C[C@H]1C(=O)N[C@@H](COCc1ccccc1)C(=O)O. The summed E-state index contributed by atoms with van der Waals surface area (Å²) in [7, 11) is 0. The highest BCUT2D eigenvalue weighted by atomic mass is 16.6. The third-order valence-electron chi connectivity index (χ3n) is 7.93. The van der Waals surface area contributed by atoms with Crippen LogP contribution in [0.25, 0.3) is 10.9 Å². The van der Waals surface area contributed by atoms with Crippen molar-refractivity contribution in [3.05, 3.63) is 107 Å². The molecule has 3 amide bonds. The number of hydrogen-bond acceptors (Lipinski definition) is 6. The molecule has 4 aromatic rings. The quantitative estimate of drug-likeness (QED) is 0.191. The van der Waals surface area contributed by atoms with Gasteiger partial charge in [-0.2, -0.15) is 0 Å². The lowest BCUT2D eigenvalue weighted by Crippen LogP contribution is -2.60. The van der Waals surface area contributed by atoms with Gasteiger partial charge < -0.3 is 35.1 Å². The summed E-state index contributed by atoms with van der Waals surface area (Å²) < 4.78 is 11.1. The van der Waals surface area contributed by atoms with E-state index in [-0.39, 0.29) is 32.6 Å². The Balaban J connectivity index is 1.40. The van der Waals surface area contributed by atoms with E-state index in [9.17, 15) is 24.3 Å². The Kier molecular flexibility index (Phi) is 10.3. The lowest BCUT2D eigenvalue weighted by Gasteiger charge is -2.38. The number of aromatic nitrogens is 1.